The molecule has 1 heterocycles. The van der Waals surface area contributed by atoms with Crippen LogP contribution < -0.4 is 0 Å². The second-order valence-electron chi connectivity index (χ2n) is 2.24. The number of hydrogen-bond acceptors (Lipinski definition) is 4. The van der Waals surface area contributed by atoms with Crippen molar-refractivity contribution in [1.82, 2.24) is 14.8 Å². The van der Waals surface area contributed by atoms with Crippen molar-refractivity contribution in [3.63, 3.8) is 0 Å². The van der Waals surface area contributed by atoms with E-state index >= 15 is 0 Å². The molecule has 0 aliphatic carbocycles. The van der Waals surface area contributed by atoms with E-state index in [9.17, 15) is 4.79 Å². The van der Waals surface area contributed by atoms with E-state index in [-0.39, 0.29) is 5.75 Å². The zero-order valence-electron chi connectivity index (χ0n) is 6.60. The highest BCUT2D eigenvalue weighted by molar-refractivity contribution is 7.99. The second kappa shape index (κ2) is 4.10. The lowest BCUT2D eigenvalue weighted by atomic mass is 10.7. The summed E-state index contributed by atoms with van der Waals surface area (Å²) < 4.78 is 1.77. The molecular formula is C6H9N3O2S. The molecule has 12 heavy (non-hydrogen) atoms. The predicted molar refractivity (Wildman–Crippen MR) is 44.8 cm³/mol. The van der Waals surface area contributed by atoms with Gasteiger partial charge in [0.25, 0.3) is 0 Å². The topological polar surface area (TPSA) is 68.0 Å². The van der Waals surface area contributed by atoms with Gasteiger partial charge in [-0.25, -0.2) is 0 Å². The SMILES string of the molecule is Cn1cnnc1CSCC(=O)O. The van der Waals surface area contributed by atoms with E-state index in [0.29, 0.717) is 5.75 Å². The average Bonchev–Trinajstić information content (AvgIpc) is 2.36. The third-order valence-electron chi connectivity index (χ3n) is 1.26. The van der Waals surface area contributed by atoms with Crippen molar-refractivity contribution in [3.8, 4) is 0 Å². The van der Waals surface area contributed by atoms with Crippen molar-refractivity contribution >= 4 is 17.7 Å². The number of nitrogens with zero attached hydrogens (tertiary/aromatic N) is 3. The van der Waals surface area contributed by atoms with Crippen LogP contribution in [0.25, 0.3) is 0 Å². The fourth-order valence-electron chi connectivity index (χ4n) is 0.667. The quantitative estimate of drug-likeness (QED) is 0.725. The first-order valence-electron chi connectivity index (χ1n) is 3.32. The number of hydrogen-bond donors (Lipinski definition) is 1. The Bertz CT molecular complexity index is 274. The van der Waals surface area contributed by atoms with E-state index in [1.54, 1.807) is 10.9 Å². The smallest absolute Gasteiger partial charge is 0.313 e. The lowest BCUT2D eigenvalue weighted by molar-refractivity contribution is -0.133. The number of aromatic nitrogens is 3. The van der Waals surface area contributed by atoms with Gasteiger partial charge in [0.15, 0.2) is 0 Å². The lowest BCUT2D eigenvalue weighted by Gasteiger charge is -1.97. The molecule has 0 saturated carbocycles. The summed E-state index contributed by atoms with van der Waals surface area (Å²) in [4.78, 5) is 10.1. The summed E-state index contributed by atoms with van der Waals surface area (Å²) in [5.74, 6) is 0.679. The van der Waals surface area contributed by atoms with Gasteiger partial charge in [-0.3, -0.25) is 4.79 Å². The van der Waals surface area contributed by atoms with E-state index in [4.69, 9.17) is 5.11 Å². The largest absolute Gasteiger partial charge is 0.481 e. The molecule has 5 nitrogen and oxygen atoms in total. The van der Waals surface area contributed by atoms with Gasteiger partial charge >= 0.3 is 5.97 Å². The van der Waals surface area contributed by atoms with E-state index in [1.807, 2.05) is 7.05 Å². The van der Waals surface area contributed by atoms with E-state index < -0.39 is 5.97 Å². The number of carboxylic acid groups (broad SMARTS) is 1. The van der Waals surface area contributed by atoms with E-state index in [0.717, 1.165) is 5.82 Å². The molecule has 0 fully saturated rings. The Labute approximate surface area is 73.8 Å². The highest BCUT2D eigenvalue weighted by Gasteiger charge is 2.02. The molecule has 1 N–H and O–H groups in total. The number of aliphatic carboxylic acids is 1. The number of carboxylic acids is 1. The highest BCUT2D eigenvalue weighted by atomic mass is 32.2. The van der Waals surface area contributed by atoms with Crippen LogP contribution in [0.5, 0.6) is 0 Å². The van der Waals surface area contributed by atoms with Crippen LogP contribution in [-0.4, -0.2) is 31.6 Å². The molecule has 0 aromatic carbocycles. The lowest BCUT2D eigenvalue weighted by Crippen LogP contribution is -2.00. The summed E-state index contributed by atoms with van der Waals surface area (Å²) in [6.45, 7) is 0. The Morgan fingerprint density at radius 3 is 3.08 bits per heavy atom. The standard InChI is InChI=1S/C6H9N3O2S/c1-9-4-7-8-5(9)2-12-3-6(10)11/h4H,2-3H2,1H3,(H,10,11). The van der Waals surface area contributed by atoms with Gasteiger partial charge in [-0.2, -0.15) is 0 Å². The first-order chi connectivity index (χ1) is 5.70. The third-order valence-corrected chi connectivity index (χ3v) is 2.18. The minimum atomic E-state index is -0.804. The normalized spacial score (nSPS) is 10.1. The minimum absolute atomic E-state index is 0.104. The van der Waals surface area contributed by atoms with Crippen molar-refractivity contribution in [1.29, 1.82) is 0 Å². The van der Waals surface area contributed by atoms with Gasteiger partial charge in [-0.05, 0) is 0 Å². The Balaban J connectivity index is 2.33. The monoisotopic (exact) mass is 187 g/mol. The molecule has 0 saturated heterocycles. The van der Waals surface area contributed by atoms with Gasteiger partial charge in [0, 0.05) is 7.05 Å². The molecule has 0 bridgehead atoms. The third kappa shape index (κ3) is 2.54. The summed E-state index contributed by atoms with van der Waals surface area (Å²) in [5.41, 5.74) is 0. The van der Waals surface area contributed by atoms with E-state index in [2.05, 4.69) is 10.2 Å². The molecule has 66 valence electrons. The van der Waals surface area contributed by atoms with Gasteiger partial charge in [-0.15, -0.1) is 22.0 Å². The van der Waals surface area contributed by atoms with Crippen LogP contribution in [0.1, 0.15) is 5.82 Å². The number of thioether (sulfide) groups is 1. The molecule has 1 aromatic heterocycles. The molecule has 0 radical (unpaired) electrons. The van der Waals surface area contributed by atoms with Gasteiger partial charge in [0.1, 0.15) is 12.2 Å². The molecule has 0 aliphatic rings. The van der Waals surface area contributed by atoms with Crippen LogP contribution in [0.4, 0.5) is 0 Å². The molecule has 0 atom stereocenters. The van der Waals surface area contributed by atoms with Gasteiger partial charge in [-0.1, -0.05) is 0 Å². The average molecular weight is 187 g/mol. The van der Waals surface area contributed by atoms with Crippen LogP contribution in [0.3, 0.4) is 0 Å². The van der Waals surface area contributed by atoms with Crippen molar-refractivity contribution < 1.29 is 9.90 Å². The molecule has 1 rings (SSSR count). The Morgan fingerprint density at radius 2 is 2.58 bits per heavy atom. The molecule has 0 aliphatic heterocycles. The fourth-order valence-corrected chi connectivity index (χ4v) is 1.39. The van der Waals surface area contributed by atoms with Gasteiger partial charge in [0.05, 0.1) is 11.5 Å². The molecule has 0 spiro atoms. The van der Waals surface area contributed by atoms with Crippen LogP contribution in [-0.2, 0) is 17.6 Å². The van der Waals surface area contributed by atoms with Crippen LogP contribution >= 0.6 is 11.8 Å². The maximum atomic E-state index is 10.1. The first-order valence-corrected chi connectivity index (χ1v) is 4.48. The Kier molecular flexibility index (Phi) is 3.09. The minimum Gasteiger partial charge on any atom is -0.481 e. The zero-order valence-corrected chi connectivity index (χ0v) is 7.41. The van der Waals surface area contributed by atoms with Crippen molar-refractivity contribution in [3.05, 3.63) is 12.2 Å². The summed E-state index contributed by atoms with van der Waals surface area (Å²) in [5, 5.41) is 15.8. The zero-order chi connectivity index (χ0) is 8.97. The molecule has 0 amide bonds. The maximum absolute atomic E-state index is 10.1. The number of rotatable bonds is 4. The van der Waals surface area contributed by atoms with Crippen molar-refractivity contribution in [2.75, 3.05) is 5.75 Å². The molecule has 1 aromatic rings. The van der Waals surface area contributed by atoms with Crippen LogP contribution in [0.2, 0.25) is 0 Å². The van der Waals surface area contributed by atoms with Crippen LogP contribution in [0.15, 0.2) is 6.33 Å². The molecule has 0 unspecified atom stereocenters. The second-order valence-corrected chi connectivity index (χ2v) is 3.23. The predicted octanol–water partition coefficient (Wildman–Crippen LogP) is 0.133. The van der Waals surface area contributed by atoms with E-state index in [1.165, 1.54) is 11.8 Å². The first kappa shape index (κ1) is 9.05. The summed E-state index contributed by atoms with van der Waals surface area (Å²) in [6.07, 6.45) is 1.59. The maximum Gasteiger partial charge on any atom is 0.313 e. The Morgan fingerprint density at radius 1 is 1.83 bits per heavy atom. The summed E-state index contributed by atoms with van der Waals surface area (Å²) in [6, 6.07) is 0. The number of carbonyl (C=O) groups is 1. The van der Waals surface area contributed by atoms with Crippen molar-refractivity contribution in [2.24, 2.45) is 7.05 Å². The fraction of sp³-hybridized carbons (Fsp3) is 0.500. The summed E-state index contributed by atoms with van der Waals surface area (Å²) in [7, 11) is 1.83. The highest BCUT2D eigenvalue weighted by Crippen LogP contribution is 2.07. The van der Waals surface area contributed by atoms with Gasteiger partial charge < -0.3 is 9.67 Å². The summed E-state index contributed by atoms with van der Waals surface area (Å²) >= 11 is 1.31. The molecule has 6 heteroatoms. The van der Waals surface area contributed by atoms with Crippen LogP contribution in [0, 0.1) is 0 Å². The van der Waals surface area contributed by atoms with Gasteiger partial charge in [0.2, 0.25) is 0 Å². The Hall–Kier alpha value is -1.04. The van der Waals surface area contributed by atoms with Crippen molar-refractivity contribution in [2.45, 2.75) is 5.75 Å². The molecular weight excluding hydrogens is 178 g/mol. The number of aryl methyl sites for hydroxylation is 1.